The Morgan fingerprint density at radius 2 is 1.36 bits per heavy atom. The molecular formula is C18H37NO3. The number of hydrogen-bond donors (Lipinski definition) is 1. The number of hydrogen-bond acceptors (Lipinski definition) is 3. The van der Waals surface area contributed by atoms with Gasteiger partial charge in [0.05, 0.1) is 18.8 Å². The zero-order chi connectivity index (χ0) is 17.8. The van der Waals surface area contributed by atoms with Gasteiger partial charge in [0.25, 0.3) is 5.91 Å². The minimum Gasteiger partial charge on any atom is -0.375 e. The molecule has 0 atom stereocenters. The molecule has 0 heterocycles. The molecule has 0 bridgehead atoms. The van der Waals surface area contributed by atoms with Crippen molar-refractivity contribution in [2.45, 2.75) is 92.4 Å². The van der Waals surface area contributed by atoms with Crippen molar-refractivity contribution in [1.29, 1.82) is 0 Å². The maximum atomic E-state index is 12.2. The van der Waals surface area contributed by atoms with Gasteiger partial charge in [-0.25, -0.2) is 0 Å². The van der Waals surface area contributed by atoms with Gasteiger partial charge in [0.1, 0.15) is 5.60 Å². The zero-order valence-corrected chi connectivity index (χ0v) is 16.3. The summed E-state index contributed by atoms with van der Waals surface area (Å²) in [6.45, 7) is 21.3. The normalized spacial score (nSPS) is 14.1. The van der Waals surface area contributed by atoms with Gasteiger partial charge in [-0.1, -0.05) is 20.8 Å². The van der Waals surface area contributed by atoms with E-state index in [2.05, 4.69) is 39.9 Å². The SMILES string of the molecule is CC(C)(C)COC(C)(C)CCOC(C)(C)C(=O)NC(C)(C)C. The van der Waals surface area contributed by atoms with E-state index in [-0.39, 0.29) is 22.5 Å². The predicted molar refractivity (Wildman–Crippen MR) is 92.0 cm³/mol. The van der Waals surface area contributed by atoms with Gasteiger partial charge in [-0.05, 0) is 60.3 Å². The highest BCUT2D eigenvalue weighted by molar-refractivity contribution is 5.84. The second kappa shape index (κ2) is 7.31. The fourth-order valence-corrected chi connectivity index (χ4v) is 1.59. The Morgan fingerprint density at radius 1 is 0.864 bits per heavy atom. The Kier molecular flexibility index (Phi) is 7.10. The Bertz CT molecular complexity index is 360. The van der Waals surface area contributed by atoms with Gasteiger partial charge in [-0.3, -0.25) is 4.79 Å². The minimum atomic E-state index is -0.840. The van der Waals surface area contributed by atoms with E-state index in [0.29, 0.717) is 13.2 Å². The number of carbonyl (C=O) groups excluding carboxylic acids is 1. The molecule has 0 aromatic carbocycles. The van der Waals surface area contributed by atoms with Gasteiger partial charge in [0.15, 0.2) is 0 Å². The summed E-state index contributed by atoms with van der Waals surface area (Å²) in [6.07, 6.45) is 0.745. The summed E-state index contributed by atoms with van der Waals surface area (Å²) in [7, 11) is 0. The molecule has 1 amide bonds. The molecule has 22 heavy (non-hydrogen) atoms. The molecule has 0 aromatic rings. The highest BCUT2D eigenvalue weighted by atomic mass is 16.5. The lowest BCUT2D eigenvalue weighted by Gasteiger charge is -2.32. The molecule has 4 heteroatoms. The predicted octanol–water partition coefficient (Wildman–Crippen LogP) is 3.93. The van der Waals surface area contributed by atoms with Crippen LogP contribution in [0.3, 0.4) is 0 Å². The second-order valence-electron chi connectivity index (χ2n) is 9.42. The molecule has 0 rings (SSSR count). The van der Waals surface area contributed by atoms with Gasteiger partial charge in [-0.15, -0.1) is 0 Å². The molecule has 0 aromatic heterocycles. The molecular weight excluding hydrogens is 278 g/mol. The maximum Gasteiger partial charge on any atom is 0.252 e. The highest BCUT2D eigenvalue weighted by Gasteiger charge is 2.32. The van der Waals surface area contributed by atoms with Crippen LogP contribution in [0.4, 0.5) is 0 Å². The Labute approximate surface area is 137 Å². The van der Waals surface area contributed by atoms with Crippen molar-refractivity contribution in [2.75, 3.05) is 13.2 Å². The topological polar surface area (TPSA) is 47.6 Å². The third-order valence-electron chi connectivity index (χ3n) is 3.10. The summed E-state index contributed by atoms with van der Waals surface area (Å²) >= 11 is 0. The van der Waals surface area contributed by atoms with Crippen LogP contribution in [-0.4, -0.2) is 35.9 Å². The first-order chi connectivity index (χ1) is 9.54. The van der Waals surface area contributed by atoms with E-state index in [0.717, 1.165) is 6.42 Å². The van der Waals surface area contributed by atoms with Gasteiger partial charge in [0, 0.05) is 5.54 Å². The molecule has 132 valence electrons. The Morgan fingerprint density at radius 3 is 1.77 bits per heavy atom. The smallest absolute Gasteiger partial charge is 0.252 e. The highest BCUT2D eigenvalue weighted by Crippen LogP contribution is 2.22. The number of rotatable bonds is 7. The molecule has 0 aliphatic carbocycles. The number of nitrogens with one attached hydrogen (secondary N) is 1. The van der Waals surface area contributed by atoms with Crippen molar-refractivity contribution < 1.29 is 14.3 Å². The second-order valence-corrected chi connectivity index (χ2v) is 9.42. The van der Waals surface area contributed by atoms with Crippen molar-refractivity contribution in [3.63, 3.8) is 0 Å². The van der Waals surface area contributed by atoms with E-state index in [1.165, 1.54) is 0 Å². The van der Waals surface area contributed by atoms with Crippen molar-refractivity contribution in [3.8, 4) is 0 Å². The molecule has 0 aliphatic heterocycles. The first kappa shape index (κ1) is 21.4. The van der Waals surface area contributed by atoms with Crippen LogP contribution < -0.4 is 5.32 Å². The first-order valence-electron chi connectivity index (χ1n) is 8.15. The summed E-state index contributed by atoms with van der Waals surface area (Å²) < 4.78 is 11.8. The number of ether oxygens (including phenoxy) is 2. The number of carbonyl (C=O) groups is 1. The van der Waals surface area contributed by atoms with Crippen LogP contribution in [0.15, 0.2) is 0 Å². The molecule has 1 N–H and O–H groups in total. The lowest BCUT2D eigenvalue weighted by Crippen LogP contribution is -2.51. The molecule has 0 fully saturated rings. The van der Waals surface area contributed by atoms with E-state index in [4.69, 9.17) is 9.47 Å². The van der Waals surface area contributed by atoms with Gasteiger partial charge < -0.3 is 14.8 Å². The Balaban J connectivity index is 4.34. The standard InChI is InChI=1S/C18H37NO3/c1-15(2,3)13-22-17(7,8)11-12-21-18(9,10)14(20)19-16(4,5)6/h11-13H2,1-10H3,(H,19,20). The van der Waals surface area contributed by atoms with Crippen molar-refractivity contribution in [3.05, 3.63) is 0 Å². The van der Waals surface area contributed by atoms with Crippen LogP contribution in [0.25, 0.3) is 0 Å². The quantitative estimate of drug-likeness (QED) is 0.774. The lowest BCUT2D eigenvalue weighted by molar-refractivity contribution is -0.147. The molecule has 0 unspecified atom stereocenters. The summed E-state index contributed by atoms with van der Waals surface area (Å²) in [6, 6.07) is 0. The zero-order valence-electron chi connectivity index (χ0n) is 16.3. The maximum absolute atomic E-state index is 12.2. The average molecular weight is 315 g/mol. The third-order valence-corrected chi connectivity index (χ3v) is 3.10. The molecule has 0 radical (unpaired) electrons. The van der Waals surface area contributed by atoms with E-state index in [1.807, 2.05) is 20.8 Å². The van der Waals surface area contributed by atoms with Gasteiger partial charge in [0.2, 0.25) is 0 Å². The van der Waals surface area contributed by atoms with E-state index in [1.54, 1.807) is 13.8 Å². The van der Waals surface area contributed by atoms with Crippen LogP contribution in [0, 0.1) is 5.41 Å². The van der Waals surface area contributed by atoms with Crippen LogP contribution in [-0.2, 0) is 14.3 Å². The average Bonchev–Trinajstić information content (AvgIpc) is 2.22. The van der Waals surface area contributed by atoms with Crippen LogP contribution in [0.5, 0.6) is 0 Å². The Hall–Kier alpha value is -0.610. The van der Waals surface area contributed by atoms with Crippen molar-refractivity contribution in [2.24, 2.45) is 5.41 Å². The van der Waals surface area contributed by atoms with Crippen LogP contribution in [0.1, 0.15) is 75.7 Å². The fraction of sp³-hybridized carbons (Fsp3) is 0.944. The molecule has 4 nitrogen and oxygen atoms in total. The summed E-state index contributed by atoms with van der Waals surface area (Å²) in [5.74, 6) is -0.0894. The summed E-state index contributed by atoms with van der Waals surface area (Å²) in [5.41, 5.74) is -1.21. The van der Waals surface area contributed by atoms with E-state index < -0.39 is 5.60 Å². The molecule has 0 aliphatic rings. The summed E-state index contributed by atoms with van der Waals surface area (Å²) in [5, 5.41) is 2.96. The van der Waals surface area contributed by atoms with Gasteiger partial charge in [-0.2, -0.15) is 0 Å². The van der Waals surface area contributed by atoms with Gasteiger partial charge >= 0.3 is 0 Å². The lowest BCUT2D eigenvalue weighted by atomic mass is 9.97. The third kappa shape index (κ3) is 10.2. The summed E-state index contributed by atoms with van der Waals surface area (Å²) in [4.78, 5) is 12.2. The van der Waals surface area contributed by atoms with Crippen molar-refractivity contribution >= 4 is 5.91 Å². The van der Waals surface area contributed by atoms with Crippen LogP contribution in [0.2, 0.25) is 0 Å². The minimum absolute atomic E-state index is 0.0894. The fourth-order valence-electron chi connectivity index (χ4n) is 1.59. The van der Waals surface area contributed by atoms with Crippen molar-refractivity contribution in [1.82, 2.24) is 5.32 Å². The first-order valence-corrected chi connectivity index (χ1v) is 8.15. The number of amides is 1. The van der Waals surface area contributed by atoms with E-state index >= 15 is 0 Å². The monoisotopic (exact) mass is 315 g/mol. The largest absolute Gasteiger partial charge is 0.375 e. The van der Waals surface area contributed by atoms with Crippen LogP contribution >= 0.6 is 0 Å². The molecule has 0 saturated heterocycles. The molecule has 0 saturated carbocycles. The molecule has 0 spiro atoms. The van der Waals surface area contributed by atoms with E-state index in [9.17, 15) is 4.79 Å².